The zero-order chi connectivity index (χ0) is 15.5. The maximum Gasteiger partial charge on any atom is 0.241 e. The van der Waals surface area contributed by atoms with Crippen molar-refractivity contribution in [3.8, 4) is 0 Å². The van der Waals surface area contributed by atoms with Gasteiger partial charge in [-0.25, -0.2) is 18.1 Å². The van der Waals surface area contributed by atoms with Crippen LogP contribution in [-0.4, -0.2) is 20.4 Å². The molecule has 114 valence electrons. The third-order valence-corrected chi connectivity index (χ3v) is 5.40. The first kappa shape index (κ1) is 16.1. The summed E-state index contributed by atoms with van der Waals surface area (Å²) in [6.45, 7) is 4.65. The Kier molecular flexibility index (Phi) is 5.10. The molecular formula is C14H19N3O2S2. The first-order chi connectivity index (χ1) is 9.94. The van der Waals surface area contributed by atoms with Crippen LogP contribution in [0, 0.1) is 13.8 Å². The van der Waals surface area contributed by atoms with Gasteiger partial charge in [-0.05, 0) is 43.7 Å². The van der Waals surface area contributed by atoms with Gasteiger partial charge in [-0.1, -0.05) is 6.07 Å². The maximum absolute atomic E-state index is 12.5. The van der Waals surface area contributed by atoms with E-state index in [0.29, 0.717) is 11.4 Å². The van der Waals surface area contributed by atoms with Gasteiger partial charge in [-0.15, -0.1) is 11.3 Å². The molecule has 0 saturated heterocycles. The zero-order valence-electron chi connectivity index (χ0n) is 12.3. The molecule has 7 heteroatoms. The van der Waals surface area contributed by atoms with E-state index in [4.69, 9.17) is 0 Å². The van der Waals surface area contributed by atoms with Crippen LogP contribution in [0.5, 0.6) is 0 Å². The summed E-state index contributed by atoms with van der Waals surface area (Å²) in [7, 11) is -1.70. The van der Waals surface area contributed by atoms with Gasteiger partial charge in [-0.2, -0.15) is 0 Å². The van der Waals surface area contributed by atoms with Crippen LogP contribution in [0.3, 0.4) is 0 Å². The van der Waals surface area contributed by atoms with E-state index in [0.717, 1.165) is 22.4 Å². The van der Waals surface area contributed by atoms with Crippen molar-refractivity contribution in [2.75, 3.05) is 7.05 Å². The standard InChI is InChI=1S/C14H19N3O2S2/c1-10-4-11(2)14(5-12(10)6-15-3)21(18,19)17-7-13-8-20-9-16-13/h4-5,8-9,15,17H,6-7H2,1-3H3. The summed E-state index contributed by atoms with van der Waals surface area (Å²) >= 11 is 1.45. The van der Waals surface area contributed by atoms with Gasteiger partial charge in [0.2, 0.25) is 10.0 Å². The summed E-state index contributed by atoms with van der Waals surface area (Å²) in [5, 5.41) is 4.88. The topological polar surface area (TPSA) is 71.1 Å². The summed E-state index contributed by atoms with van der Waals surface area (Å²) in [5.41, 5.74) is 5.23. The fourth-order valence-corrected chi connectivity index (χ4v) is 3.95. The molecule has 1 heterocycles. The van der Waals surface area contributed by atoms with Crippen LogP contribution in [0.4, 0.5) is 0 Å². The van der Waals surface area contributed by atoms with Gasteiger partial charge in [-0.3, -0.25) is 0 Å². The molecule has 1 aromatic heterocycles. The summed E-state index contributed by atoms with van der Waals surface area (Å²) < 4.78 is 27.5. The third kappa shape index (κ3) is 3.88. The van der Waals surface area contributed by atoms with E-state index < -0.39 is 10.0 Å². The molecule has 2 N–H and O–H groups in total. The van der Waals surface area contributed by atoms with Crippen LogP contribution in [-0.2, 0) is 23.1 Å². The molecule has 0 amide bonds. The molecule has 0 bridgehead atoms. The van der Waals surface area contributed by atoms with Gasteiger partial charge in [0.15, 0.2) is 0 Å². The Morgan fingerprint density at radius 1 is 1.19 bits per heavy atom. The minimum atomic E-state index is -3.54. The number of rotatable bonds is 6. The van der Waals surface area contributed by atoms with Crippen LogP contribution in [0.2, 0.25) is 0 Å². The van der Waals surface area contributed by atoms with Crippen LogP contribution in [0.1, 0.15) is 22.4 Å². The molecule has 0 saturated carbocycles. The van der Waals surface area contributed by atoms with Crippen LogP contribution >= 0.6 is 11.3 Å². The molecule has 0 spiro atoms. The second kappa shape index (κ2) is 6.65. The lowest BCUT2D eigenvalue weighted by Gasteiger charge is -2.13. The fraction of sp³-hybridized carbons (Fsp3) is 0.357. The molecule has 5 nitrogen and oxygen atoms in total. The second-order valence-electron chi connectivity index (χ2n) is 4.88. The number of hydrogen-bond donors (Lipinski definition) is 2. The average Bonchev–Trinajstić information content (AvgIpc) is 2.93. The second-order valence-corrected chi connectivity index (χ2v) is 7.33. The average molecular weight is 325 g/mol. The monoisotopic (exact) mass is 325 g/mol. The molecule has 0 fully saturated rings. The van der Waals surface area contributed by atoms with Crippen LogP contribution in [0.15, 0.2) is 27.9 Å². The van der Waals surface area contributed by atoms with Crippen molar-refractivity contribution in [1.82, 2.24) is 15.0 Å². The molecule has 0 atom stereocenters. The number of benzene rings is 1. The van der Waals surface area contributed by atoms with E-state index in [1.54, 1.807) is 11.6 Å². The molecular weight excluding hydrogens is 306 g/mol. The van der Waals surface area contributed by atoms with Crippen molar-refractivity contribution in [2.45, 2.75) is 31.8 Å². The Morgan fingerprint density at radius 3 is 2.57 bits per heavy atom. The highest BCUT2D eigenvalue weighted by Gasteiger charge is 2.18. The lowest BCUT2D eigenvalue weighted by Crippen LogP contribution is -2.24. The van der Waals surface area contributed by atoms with Crippen molar-refractivity contribution < 1.29 is 8.42 Å². The Hall–Kier alpha value is -1.28. The summed E-state index contributed by atoms with van der Waals surface area (Å²) in [6.07, 6.45) is 0. The molecule has 21 heavy (non-hydrogen) atoms. The smallest absolute Gasteiger partial charge is 0.241 e. The van der Waals surface area contributed by atoms with Gasteiger partial charge >= 0.3 is 0 Å². The van der Waals surface area contributed by atoms with Gasteiger partial charge < -0.3 is 5.32 Å². The lowest BCUT2D eigenvalue weighted by molar-refractivity contribution is 0.579. The number of nitrogens with zero attached hydrogens (tertiary/aromatic N) is 1. The first-order valence-corrected chi connectivity index (χ1v) is 8.98. The number of hydrogen-bond acceptors (Lipinski definition) is 5. The zero-order valence-corrected chi connectivity index (χ0v) is 13.9. The predicted molar refractivity (Wildman–Crippen MR) is 84.8 cm³/mol. The summed E-state index contributed by atoms with van der Waals surface area (Å²) in [4.78, 5) is 4.41. The Bertz CT molecular complexity index is 710. The quantitative estimate of drug-likeness (QED) is 0.852. The highest BCUT2D eigenvalue weighted by Crippen LogP contribution is 2.20. The number of sulfonamides is 1. The molecule has 0 aliphatic rings. The molecule has 0 aliphatic carbocycles. The van der Waals surface area contributed by atoms with Crippen molar-refractivity contribution in [1.29, 1.82) is 0 Å². The Morgan fingerprint density at radius 2 is 1.95 bits per heavy atom. The summed E-state index contributed by atoms with van der Waals surface area (Å²) in [5.74, 6) is 0. The van der Waals surface area contributed by atoms with E-state index in [1.807, 2.05) is 32.3 Å². The molecule has 0 radical (unpaired) electrons. The molecule has 1 aromatic carbocycles. The highest BCUT2D eigenvalue weighted by molar-refractivity contribution is 7.89. The normalized spacial score (nSPS) is 11.8. The fourth-order valence-electron chi connectivity index (χ4n) is 2.12. The van der Waals surface area contributed by atoms with E-state index in [2.05, 4.69) is 15.0 Å². The van der Waals surface area contributed by atoms with E-state index >= 15 is 0 Å². The lowest BCUT2D eigenvalue weighted by atomic mass is 10.1. The first-order valence-electron chi connectivity index (χ1n) is 6.55. The SMILES string of the molecule is CNCc1cc(S(=O)(=O)NCc2cscn2)c(C)cc1C. The molecule has 0 aliphatic heterocycles. The number of thiazole rings is 1. The van der Waals surface area contributed by atoms with Crippen molar-refractivity contribution >= 4 is 21.4 Å². The highest BCUT2D eigenvalue weighted by atomic mass is 32.2. The van der Waals surface area contributed by atoms with E-state index in [-0.39, 0.29) is 6.54 Å². The third-order valence-electron chi connectivity index (χ3n) is 3.22. The summed E-state index contributed by atoms with van der Waals surface area (Å²) in [6, 6.07) is 3.65. The van der Waals surface area contributed by atoms with Gasteiger partial charge in [0.05, 0.1) is 22.6 Å². The minimum Gasteiger partial charge on any atom is -0.316 e. The molecule has 2 rings (SSSR count). The predicted octanol–water partition coefficient (Wildman–Crippen LogP) is 1.96. The van der Waals surface area contributed by atoms with Crippen molar-refractivity contribution in [3.05, 3.63) is 45.4 Å². The van der Waals surface area contributed by atoms with Crippen LogP contribution < -0.4 is 10.0 Å². The van der Waals surface area contributed by atoms with Crippen molar-refractivity contribution in [3.63, 3.8) is 0 Å². The van der Waals surface area contributed by atoms with Gasteiger partial charge in [0, 0.05) is 11.9 Å². The number of nitrogens with one attached hydrogen (secondary N) is 2. The molecule has 2 aromatic rings. The van der Waals surface area contributed by atoms with Crippen LogP contribution in [0.25, 0.3) is 0 Å². The van der Waals surface area contributed by atoms with Gasteiger partial charge in [0.25, 0.3) is 0 Å². The van der Waals surface area contributed by atoms with Gasteiger partial charge in [0.1, 0.15) is 0 Å². The van der Waals surface area contributed by atoms with Crippen molar-refractivity contribution in [2.24, 2.45) is 0 Å². The Balaban J connectivity index is 2.28. The number of aromatic nitrogens is 1. The molecule has 0 unspecified atom stereocenters. The number of aryl methyl sites for hydroxylation is 2. The Labute approximate surface area is 129 Å². The maximum atomic E-state index is 12.5. The minimum absolute atomic E-state index is 0.209. The van der Waals surface area contributed by atoms with E-state index in [1.165, 1.54) is 11.3 Å². The van der Waals surface area contributed by atoms with E-state index in [9.17, 15) is 8.42 Å². The largest absolute Gasteiger partial charge is 0.316 e.